The van der Waals surface area contributed by atoms with Crippen molar-refractivity contribution in [3.05, 3.63) is 0 Å². The maximum absolute atomic E-state index is 10.5. The molecular weight excluding hydrogens is 226 g/mol. The van der Waals surface area contributed by atoms with Gasteiger partial charge in [0.05, 0.1) is 11.7 Å². The molecule has 0 aromatic rings. The van der Waals surface area contributed by atoms with Crippen molar-refractivity contribution >= 4 is 0 Å². The second kappa shape index (κ2) is 4.19. The average Bonchev–Trinajstić information content (AvgIpc) is 2.57. The Morgan fingerprint density at radius 3 is 2.39 bits per heavy atom. The molecule has 3 nitrogen and oxygen atoms in total. The lowest BCUT2D eigenvalue weighted by Crippen LogP contribution is -2.53. The van der Waals surface area contributed by atoms with E-state index < -0.39 is 5.60 Å². The molecule has 5 atom stereocenters. The van der Waals surface area contributed by atoms with Crippen LogP contribution in [-0.2, 0) is 0 Å². The second-order valence-corrected chi connectivity index (χ2v) is 7.48. The van der Waals surface area contributed by atoms with Crippen molar-refractivity contribution in [1.82, 2.24) is 5.32 Å². The van der Waals surface area contributed by atoms with Gasteiger partial charge < -0.3 is 15.5 Å². The Morgan fingerprint density at radius 2 is 1.94 bits per heavy atom. The van der Waals surface area contributed by atoms with E-state index in [2.05, 4.69) is 26.1 Å². The molecular formula is C15H29NO2. The highest BCUT2D eigenvalue weighted by Crippen LogP contribution is 2.65. The van der Waals surface area contributed by atoms with E-state index in [1.165, 1.54) is 6.42 Å². The van der Waals surface area contributed by atoms with Crippen LogP contribution in [0.4, 0.5) is 0 Å². The zero-order chi connectivity index (χ0) is 13.8. The number of hydrogen-bond donors (Lipinski definition) is 3. The smallest absolute Gasteiger partial charge is 0.0741 e. The molecule has 0 spiro atoms. The van der Waals surface area contributed by atoms with Crippen molar-refractivity contribution in [2.75, 3.05) is 6.54 Å². The summed E-state index contributed by atoms with van der Waals surface area (Å²) in [6, 6.07) is 0.115. The minimum Gasteiger partial charge on any atom is -0.391 e. The molecule has 0 saturated heterocycles. The fraction of sp³-hybridized carbons (Fsp3) is 1.00. The van der Waals surface area contributed by atoms with E-state index in [0.717, 1.165) is 12.8 Å². The maximum atomic E-state index is 10.5. The van der Waals surface area contributed by atoms with Gasteiger partial charge in [-0.15, -0.1) is 0 Å². The Labute approximate surface area is 111 Å². The van der Waals surface area contributed by atoms with Gasteiger partial charge in [0, 0.05) is 12.6 Å². The molecule has 2 fully saturated rings. The first-order chi connectivity index (χ1) is 8.16. The predicted octanol–water partition coefficient (Wildman–Crippen LogP) is 1.92. The quantitative estimate of drug-likeness (QED) is 0.719. The predicted molar refractivity (Wildman–Crippen MR) is 73.3 cm³/mol. The molecule has 0 radical (unpaired) electrons. The molecule has 0 aliphatic heterocycles. The minimum atomic E-state index is -0.679. The topological polar surface area (TPSA) is 52.5 Å². The van der Waals surface area contributed by atoms with Crippen LogP contribution in [0.2, 0.25) is 0 Å². The molecule has 2 rings (SSSR count). The van der Waals surface area contributed by atoms with Crippen LogP contribution in [0.15, 0.2) is 0 Å². The summed E-state index contributed by atoms with van der Waals surface area (Å²) in [5.41, 5.74) is -0.356. The van der Waals surface area contributed by atoms with Crippen LogP contribution in [0.3, 0.4) is 0 Å². The highest BCUT2D eigenvalue weighted by atomic mass is 16.3. The monoisotopic (exact) mass is 255 g/mol. The van der Waals surface area contributed by atoms with Gasteiger partial charge in [0.25, 0.3) is 0 Å². The van der Waals surface area contributed by atoms with Crippen LogP contribution in [0, 0.1) is 16.7 Å². The van der Waals surface area contributed by atoms with Crippen LogP contribution in [0.25, 0.3) is 0 Å². The summed E-state index contributed by atoms with van der Waals surface area (Å²) in [4.78, 5) is 0. The average molecular weight is 255 g/mol. The number of aliphatic hydroxyl groups excluding tert-OH is 1. The van der Waals surface area contributed by atoms with Crippen molar-refractivity contribution in [2.24, 2.45) is 16.7 Å². The molecule has 2 bridgehead atoms. The molecule has 2 aliphatic rings. The lowest BCUT2D eigenvalue weighted by molar-refractivity contribution is 0.0191. The summed E-state index contributed by atoms with van der Waals surface area (Å²) in [6.45, 7) is 11.3. The van der Waals surface area contributed by atoms with Gasteiger partial charge in [-0.1, -0.05) is 27.7 Å². The molecule has 3 heteroatoms. The number of nitrogens with one attached hydrogen (secondary N) is 1. The van der Waals surface area contributed by atoms with Gasteiger partial charge in [0.1, 0.15) is 0 Å². The van der Waals surface area contributed by atoms with Crippen LogP contribution in [0.1, 0.15) is 53.9 Å². The number of aliphatic hydroxyl groups is 2. The summed E-state index contributed by atoms with van der Waals surface area (Å²) in [6.07, 6.45) is 2.76. The van der Waals surface area contributed by atoms with Gasteiger partial charge in [-0.25, -0.2) is 0 Å². The summed E-state index contributed by atoms with van der Waals surface area (Å²) < 4.78 is 0. The zero-order valence-electron chi connectivity index (χ0n) is 12.5. The molecule has 0 aromatic carbocycles. The van der Waals surface area contributed by atoms with Crippen LogP contribution in [0.5, 0.6) is 0 Å². The highest BCUT2D eigenvalue weighted by molar-refractivity contribution is 5.17. The normalized spacial score (nSPS) is 45.2. The lowest BCUT2D eigenvalue weighted by Gasteiger charge is -2.41. The van der Waals surface area contributed by atoms with Gasteiger partial charge in [0.2, 0.25) is 0 Å². The van der Waals surface area contributed by atoms with Gasteiger partial charge >= 0.3 is 0 Å². The molecule has 18 heavy (non-hydrogen) atoms. The van der Waals surface area contributed by atoms with E-state index in [1.54, 1.807) is 0 Å². The van der Waals surface area contributed by atoms with Gasteiger partial charge in [-0.2, -0.15) is 0 Å². The molecule has 0 amide bonds. The van der Waals surface area contributed by atoms with Crippen LogP contribution < -0.4 is 5.32 Å². The first-order valence-electron chi connectivity index (χ1n) is 7.29. The molecule has 0 aromatic heterocycles. The Morgan fingerprint density at radius 1 is 1.33 bits per heavy atom. The Balaban J connectivity index is 2.11. The first kappa shape index (κ1) is 14.3. The largest absolute Gasteiger partial charge is 0.391 e. The van der Waals surface area contributed by atoms with E-state index in [1.807, 2.05) is 13.8 Å². The lowest BCUT2D eigenvalue weighted by atomic mass is 9.69. The summed E-state index contributed by atoms with van der Waals surface area (Å²) in [5, 5.41) is 24.1. The van der Waals surface area contributed by atoms with Crippen LogP contribution >= 0.6 is 0 Å². The maximum Gasteiger partial charge on any atom is 0.0741 e. The fourth-order valence-corrected chi connectivity index (χ4v) is 4.13. The van der Waals surface area contributed by atoms with Crippen molar-refractivity contribution in [3.63, 3.8) is 0 Å². The van der Waals surface area contributed by atoms with Gasteiger partial charge in [-0.05, 0) is 42.9 Å². The molecule has 2 aliphatic carbocycles. The second-order valence-electron chi connectivity index (χ2n) is 7.48. The van der Waals surface area contributed by atoms with E-state index >= 15 is 0 Å². The Kier molecular flexibility index (Phi) is 3.33. The third-order valence-corrected chi connectivity index (χ3v) is 6.28. The molecule has 106 valence electrons. The van der Waals surface area contributed by atoms with Crippen molar-refractivity contribution in [3.8, 4) is 0 Å². The fourth-order valence-electron chi connectivity index (χ4n) is 4.13. The Bertz CT molecular complexity index is 326. The van der Waals surface area contributed by atoms with Crippen molar-refractivity contribution < 1.29 is 10.2 Å². The number of rotatable bonds is 4. The number of hydrogen-bond acceptors (Lipinski definition) is 3. The first-order valence-corrected chi connectivity index (χ1v) is 7.29. The standard InChI is InChI=1S/C15H29NO2/c1-6-14(4,18)9-16-12-11(17)10-7-8-15(12,5)13(10,2)3/h10-12,16-18H,6-9H2,1-5H3/t10-,11+,12+,14+,15-/m0/s1. The Hall–Kier alpha value is -0.120. The van der Waals surface area contributed by atoms with Crippen molar-refractivity contribution in [1.29, 1.82) is 0 Å². The number of fused-ring (bicyclic) bond motifs is 2. The van der Waals surface area contributed by atoms with E-state index in [0.29, 0.717) is 12.5 Å². The van der Waals surface area contributed by atoms with Crippen molar-refractivity contribution in [2.45, 2.75) is 71.6 Å². The third kappa shape index (κ3) is 1.83. The SMILES string of the molecule is CC[C@@](C)(O)CN[C@@H]1[C@H](O)[C@@H]2CC[C@]1(C)C2(C)C. The third-order valence-electron chi connectivity index (χ3n) is 6.28. The van der Waals surface area contributed by atoms with Gasteiger partial charge in [-0.3, -0.25) is 0 Å². The highest BCUT2D eigenvalue weighted by Gasteiger charge is 2.65. The molecule has 0 heterocycles. The zero-order valence-corrected chi connectivity index (χ0v) is 12.5. The van der Waals surface area contributed by atoms with Gasteiger partial charge in [0.15, 0.2) is 0 Å². The van der Waals surface area contributed by atoms with E-state index in [4.69, 9.17) is 0 Å². The summed E-state index contributed by atoms with van der Waals surface area (Å²) >= 11 is 0. The minimum absolute atomic E-state index is 0.115. The summed E-state index contributed by atoms with van der Waals surface area (Å²) in [5.74, 6) is 0.395. The van der Waals surface area contributed by atoms with E-state index in [-0.39, 0.29) is 23.0 Å². The molecule has 0 unspecified atom stereocenters. The molecule has 3 N–H and O–H groups in total. The molecule has 2 saturated carbocycles. The van der Waals surface area contributed by atoms with E-state index in [9.17, 15) is 10.2 Å². The van der Waals surface area contributed by atoms with Crippen LogP contribution in [-0.4, -0.2) is 34.5 Å². The summed E-state index contributed by atoms with van der Waals surface area (Å²) in [7, 11) is 0.